The van der Waals surface area contributed by atoms with Crippen molar-refractivity contribution >= 4 is 11.8 Å². The monoisotopic (exact) mass is 609 g/mol. The van der Waals surface area contributed by atoms with Crippen LogP contribution < -0.4 is 18.9 Å². The van der Waals surface area contributed by atoms with Crippen LogP contribution in [0.1, 0.15) is 28.1 Å². The van der Waals surface area contributed by atoms with E-state index < -0.39 is 0 Å². The third-order valence-corrected chi connectivity index (χ3v) is 7.62. The number of amides is 2. The molecule has 11 heteroatoms. The van der Waals surface area contributed by atoms with Crippen LogP contribution in [0.3, 0.4) is 0 Å². The molecule has 0 N–H and O–H groups in total. The summed E-state index contributed by atoms with van der Waals surface area (Å²) in [6.45, 7) is 4.93. The smallest absolute Gasteiger partial charge is 0.254 e. The highest BCUT2D eigenvalue weighted by molar-refractivity contribution is 5.97. The lowest BCUT2D eigenvalue weighted by Gasteiger charge is -2.30. The molecule has 1 aromatic heterocycles. The molecule has 2 aromatic carbocycles. The summed E-state index contributed by atoms with van der Waals surface area (Å²) < 4.78 is 32.7. The lowest BCUT2D eigenvalue weighted by atomic mass is 10.1. The predicted octanol–water partition coefficient (Wildman–Crippen LogP) is 3.75. The molecule has 3 aromatic rings. The van der Waals surface area contributed by atoms with Gasteiger partial charge in [0.25, 0.3) is 5.91 Å². The van der Waals surface area contributed by atoms with E-state index in [0.717, 1.165) is 25.2 Å². The fourth-order valence-electron chi connectivity index (χ4n) is 5.12. The fraction of sp³-hybridized carbons (Fsp3) is 0.455. The highest BCUT2D eigenvalue weighted by Gasteiger charge is 2.25. The van der Waals surface area contributed by atoms with Gasteiger partial charge in [0.05, 0.1) is 54.5 Å². The van der Waals surface area contributed by atoms with Crippen molar-refractivity contribution in [2.75, 3.05) is 80.9 Å². The molecule has 238 valence electrons. The van der Waals surface area contributed by atoms with Crippen LogP contribution in [-0.2, 0) is 22.5 Å². The van der Waals surface area contributed by atoms with Gasteiger partial charge >= 0.3 is 0 Å². The summed E-state index contributed by atoms with van der Waals surface area (Å²) in [4.78, 5) is 33.5. The first-order valence-electron chi connectivity index (χ1n) is 14.8. The number of carbonyl (C=O) groups is 2. The number of morpholine rings is 1. The minimum absolute atomic E-state index is 0.0892. The third-order valence-electron chi connectivity index (χ3n) is 7.62. The molecule has 0 unspecified atom stereocenters. The summed E-state index contributed by atoms with van der Waals surface area (Å²) >= 11 is 0. The number of ether oxygens (including phenoxy) is 5. The summed E-state index contributed by atoms with van der Waals surface area (Å²) in [6, 6.07) is 14.4. The Morgan fingerprint density at radius 1 is 0.841 bits per heavy atom. The third kappa shape index (κ3) is 9.14. The molecule has 0 saturated carbocycles. The lowest BCUT2D eigenvalue weighted by Crippen LogP contribution is -2.44. The molecule has 44 heavy (non-hydrogen) atoms. The Kier molecular flexibility index (Phi) is 12.3. The fourth-order valence-corrected chi connectivity index (χ4v) is 5.12. The van der Waals surface area contributed by atoms with E-state index in [-0.39, 0.29) is 24.9 Å². The summed E-state index contributed by atoms with van der Waals surface area (Å²) in [5.74, 6) is 2.48. The maximum atomic E-state index is 13.9. The van der Waals surface area contributed by atoms with Crippen LogP contribution in [-0.4, -0.2) is 107 Å². The number of benzene rings is 2. The minimum Gasteiger partial charge on any atom is -0.497 e. The highest BCUT2D eigenvalue weighted by Crippen LogP contribution is 2.28. The molecule has 11 nitrogen and oxygen atoms in total. The van der Waals surface area contributed by atoms with Gasteiger partial charge < -0.3 is 37.9 Å². The van der Waals surface area contributed by atoms with Crippen molar-refractivity contribution in [1.82, 2.24) is 14.7 Å². The van der Waals surface area contributed by atoms with E-state index in [1.165, 1.54) is 14.2 Å². The van der Waals surface area contributed by atoms with E-state index in [9.17, 15) is 9.59 Å². The summed E-state index contributed by atoms with van der Waals surface area (Å²) in [5, 5.41) is 0. The van der Waals surface area contributed by atoms with Gasteiger partial charge in [0.15, 0.2) is 11.5 Å². The van der Waals surface area contributed by atoms with Gasteiger partial charge in [-0.1, -0.05) is 6.07 Å². The zero-order valence-electron chi connectivity index (χ0n) is 26.1. The minimum atomic E-state index is -0.268. The SMILES string of the molecule is COc1cc(OC)cc(C(=O)N(CCCN2CCOCC2)CC(=O)N(CCc2ccc(OC)c(OC)c2)Cc2ccco2)c1. The number of methoxy groups -OCH3 is 4. The summed E-state index contributed by atoms with van der Waals surface area (Å²) in [7, 11) is 6.27. The van der Waals surface area contributed by atoms with Crippen molar-refractivity contribution in [3.05, 3.63) is 71.7 Å². The van der Waals surface area contributed by atoms with Gasteiger partial charge in [-0.2, -0.15) is 0 Å². The molecule has 1 saturated heterocycles. The number of nitrogens with zero attached hydrogens (tertiary/aromatic N) is 3. The molecule has 0 aliphatic carbocycles. The van der Waals surface area contributed by atoms with Gasteiger partial charge in [0, 0.05) is 44.4 Å². The lowest BCUT2D eigenvalue weighted by molar-refractivity contribution is -0.132. The first kappa shape index (κ1) is 32.7. The predicted molar refractivity (Wildman–Crippen MR) is 165 cm³/mol. The number of rotatable bonds is 16. The second kappa shape index (κ2) is 16.6. The standard InChI is InChI=1S/C33H43N3O8/c1-39-28-20-26(21-29(22-28)40-2)33(38)36(12-6-11-34-14-17-43-18-15-34)24-32(37)35(23-27-7-5-16-44-27)13-10-25-8-9-30(41-3)31(19-25)42-4/h5,7-9,16,19-22H,6,10-15,17-18,23-24H2,1-4H3. The summed E-state index contributed by atoms with van der Waals surface area (Å²) in [6.07, 6.45) is 2.87. The zero-order chi connectivity index (χ0) is 31.3. The second-order valence-electron chi connectivity index (χ2n) is 10.5. The molecule has 0 spiro atoms. The average molecular weight is 610 g/mol. The Bertz CT molecular complexity index is 1320. The zero-order valence-corrected chi connectivity index (χ0v) is 26.1. The first-order valence-corrected chi connectivity index (χ1v) is 14.8. The highest BCUT2D eigenvalue weighted by atomic mass is 16.5. The van der Waals surface area contributed by atoms with Crippen LogP contribution in [0.25, 0.3) is 0 Å². The molecule has 1 fully saturated rings. The Morgan fingerprint density at radius 2 is 1.57 bits per heavy atom. The van der Waals surface area contributed by atoms with Crippen molar-refractivity contribution in [2.45, 2.75) is 19.4 Å². The van der Waals surface area contributed by atoms with Gasteiger partial charge in [-0.3, -0.25) is 14.5 Å². The molecule has 4 rings (SSSR count). The van der Waals surface area contributed by atoms with Crippen LogP contribution in [0.2, 0.25) is 0 Å². The van der Waals surface area contributed by atoms with Crippen molar-refractivity contribution in [1.29, 1.82) is 0 Å². The van der Waals surface area contributed by atoms with Crippen LogP contribution in [0.5, 0.6) is 23.0 Å². The van der Waals surface area contributed by atoms with Gasteiger partial charge in [-0.05, 0) is 54.8 Å². The molecule has 2 heterocycles. The number of hydrogen-bond donors (Lipinski definition) is 0. The Balaban J connectivity index is 1.53. The Morgan fingerprint density at radius 3 is 2.20 bits per heavy atom. The van der Waals surface area contributed by atoms with E-state index in [1.807, 2.05) is 24.3 Å². The number of furan rings is 1. The second-order valence-corrected chi connectivity index (χ2v) is 10.5. The molecule has 1 aliphatic rings. The van der Waals surface area contributed by atoms with E-state index >= 15 is 0 Å². The topological polar surface area (TPSA) is 103 Å². The number of carbonyl (C=O) groups excluding carboxylic acids is 2. The summed E-state index contributed by atoms with van der Waals surface area (Å²) in [5.41, 5.74) is 1.38. The maximum Gasteiger partial charge on any atom is 0.254 e. The van der Waals surface area contributed by atoms with Crippen molar-refractivity contribution in [2.24, 2.45) is 0 Å². The van der Waals surface area contributed by atoms with Gasteiger partial charge in [0.2, 0.25) is 5.91 Å². The molecular weight excluding hydrogens is 566 g/mol. The quantitative estimate of drug-likeness (QED) is 0.240. The van der Waals surface area contributed by atoms with Gasteiger partial charge in [0.1, 0.15) is 23.8 Å². The maximum absolute atomic E-state index is 13.9. The van der Waals surface area contributed by atoms with Gasteiger partial charge in [-0.25, -0.2) is 0 Å². The molecule has 2 amide bonds. The van der Waals surface area contributed by atoms with E-state index in [2.05, 4.69) is 4.90 Å². The van der Waals surface area contributed by atoms with Crippen molar-refractivity contribution < 1.29 is 37.7 Å². The van der Waals surface area contributed by atoms with Crippen molar-refractivity contribution in [3.63, 3.8) is 0 Å². The molecule has 0 atom stereocenters. The van der Waals surface area contributed by atoms with Crippen LogP contribution in [0, 0.1) is 0 Å². The largest absolute Gasteiger partial charge is 0.497 e. The number of hydrogen-bond acceptors (Lipinski definition) is 9. The van der Waals surface area contributed by atoms with E-state index in [1.54, 1.807) is 54.5 Å². The van der Waals surface area contributed by atoms with E-state index in [0.29, 0.717) is 73.5 Å². The van der Waals surface area contributed by atoms with E-state index in [4.69, 9.17) is 28.1 Å². The van der Waals surface area contributed by atoms with Gasteiger partial charge in [-0.15, -0.1) is 0 Å². The molecular formula is C33H43N3O8. The normalized spacial score (nSPS) is 13.3. The molecule has 0 bridgehead atoms. The van der Waals surface area contributed by atoms with Crippen LogP contribution in [0.4, 0.5) is 0 Å². The first-order chi connectivity index (χ1) is 21.4. The Labute approximate surface area is 259 Å². The van der Waals surface area contributed by atoms with Crippen LogP contribution >= 0.6 is 0 Å². The molecule has 1 aliphatic heterocycles. The Hall–Kier alpha value is -4.22. The van der Waals surface area contributed by atoms with Crippen LogP contribution in [0.15, 0.2) is 59.2 Å². The molecule has 0 radical (unpaired) electrons. The van der Waals surface area contributed by atoms with Crippen molar-refractivity contribution in [3.8, 4) is 23.0 Å². The average Bonchev–Trinajstić information content (AvgIpc) is 3.59.